The Kier molecular flexibility index (Phi) is 3.63. The molecule has 2 heterocycles. The van der Waals surface area contributed by atoms with E-state index in [1.54, 1.807) is 6.33 Å². The fraction of sp³-hybridized carbons (Fsp3) is 0.167. The maximum Gasteiger partial charge on any atom is 0.137 e. The van der Waals surface area contributed by atoms with Crippen molar-refractivity contribution in [3.8, 4) is 0 Å². The zero-order chi connectivity index (χ0) is 19.3. The molecule has 0 unspecified atom stereocenters. The Morgan fingerprint density at radius 2 is 1.54 bits per heavy atom. The standard InChI is InChI=1S/C24H21N3O/c1-24(2,3)27(19-10-6-9-18-17(19)14-25-15-26-18)20-11-7-13-22-23(20)16-8-4-5-12-21(16)28-22/h4-15H,1-3H3. The van der Waals surface area contributed by atoms with Crippen molar-refractivity contribution in [3.05, 3.63) is 73.2 Å². The highest BCUT2D eigenvalue weighted by Crippen LogP contribution is 2.43. The Bertz CT molecular complexity index is 1310. The minimum Gasteiger partial charge on any atom is -0.456 e. The summed E-state index contributed by atoms with van der Waals surface area (Å²) >= 11 is 0. The summed E-state index contributed by atoms with van der Waals surface area (Å²) in [5, 5.41) is 3.28. The normalized spacial score (nSPS) is 12.1. The Morgan fingerprint density at radius 1 is 0.786 bits per heavy atom. The zero-order valence-corrected chi connectivity index (χ0v) is 16.2. The van der Waals surface area contributed by atoms with Crippen molar-refractivity contribution < 1.29 is 4.42 Å². The Hall–Kier alpha value is -3.40. The van der Waals surface area contributed by atoms with Gasteiger partial charge in [0, 0.05) is 22.5 Å². The van der Waals surface area contributed by atoms with Gasteiger partial charge in [0.25, 0.3) is 0 Å². The van der Waals surface area contributed by atoms with Crippen molar-refractivity contribution >= 4 is 44.2 Å². The van der Waals surface area contributed by atoms with Crippen molar-refractivity contribution in [2.45, 2.75) is 26.3 Å². The summed E-state index contributed by atoms with van der Waals surface area (Å²) in [5.74, 6) is 0. The molecular formula is C24H21N3O. The maximum atomic E-state index is 6.13. The lowest BCUT2D eigenvalue weighted by atomic mass is 9.99. The van der Waals surface area contributed by atoms with Crippen LogP contribution in [0.2, 0.25) is 0 Å². The Balaban J connectivity index is 1.88. The van der Waals surface area contributed by atoms with E-state index in [1.807, 2.05) is 30.5 Å². The summed E-state index contributed by atoms with van der Waals surface area (Å²) in [5.41, 5.74) is 4.77. The molecule has 28 heavy (non-hydrogen) atoms. The van der Waals surface area contributed by atoms with E-state index in [0.29, 0.717) is 0 Å². The van der Waals surface area contributed by atoms with Gasteiger partial charge >= 0.3 is 0 Å². The molecule has 5 rings (SSSR count). The number of hydrogen-bond acceptors (Lipinski definition) is 4. The van der Waals surface area contributed by atoms with Gasteiger partial charge in [-0.2, -0.15) is 0 Å². The molecule has 0 radical (unpaired) electrons. The molecule has 0 aliphatic rings. The third-order valence-electron chi connectivity index (χ3n) is 5.06. The van der Waals surface area contributed by atoms with Gasteiger partial charge in [-0.25, -0.2) is 9.97 Å². The number of nitrogens with zero attached hydrogens (tertiary/aromatic N) is 3. The summed E-state index contributed by atoms with van der Waals surface area (Å²) in [6.07, 6.45) is 3.49. The highest BCUT2D eigenvalue weighted by molar-refractivity contribution is 6.13. The minimum absolute atomic E-state index is 0.170. The fourth-order valence-corrected chi connectivity index (χ4v) is 3.98. The third-order valence-corrected chi connectivity index (χ3v) is 5.06. The first-order chi connectivity index (χ1) is 13.5. The molecule has 0 N–H and O–H groups in total. The topological polar surface area (TPSA) is 42.2 Å². The third kappa shape index (κ3) is 2.53. The van der Waals surface area contributed by atoms with E-state index in [0.717, 1.165) is 44.2 Å². The first-order valence-electron chi connectivity index (χ1n) is 9.43. The van der Waals surface area contributed by atoms with Gasteiger partial charge in [-0.3, -0.25) is 0 Å². The van der Waals surface area contributed by atoms with Gasteiger partial charge in [-0.05, 0) is 51.1 Å². The Labute approximate surface area is 163 Å². The largest absolute Gasteiger partial charge is 0.456 e. The lowest BCUT2D eigenvalue weighted by Gasteiger charge is -2.38. The lowest BCUT2D eigenvalue weighted by molar-refractivity contribution is 0.562. The number of furan rings is 1. The van der Waals surface area contributed by atoms with E-state index in [9.17, 15) is 0 Å². The number of rotatable bonds is 2. The highest BCUT2D eigenvalue weighted by atomic mass is 16.3. The van der Waals surface area contributed by atoms with Gasteiger partial charge in [0.15, 0.2) is 0 Å². The SMILES string of the molecule is CC(C)(C)N(c1cccc2ncncc12)c1cccc2oc3ccccc3c12. The molecule has 0 saturated heterocycles. The number of para-hydroxylation sites is 1. The van der Waals surface area contributed by atoms with Gasteiger partial charge in [0.05, 0.1) is 22.3 Å². The number of hydrogen-bond donors (Lipinski definition) is 0. The van der Waals surface area contributed by atoms with Gasteiger partial charge in [0.1, 0.15) is 17.5 Å². The highest BCUT2D eigenvalue weighted by Gasteiger charge is 2.28. The second kappa shape index (κ2) is 6.06. The van der Waals surface area contributed by atoms with Gasteiger partial charge < -0.3 is 9.32 Å². The van der Waals surface area contributed by atoms with E-state index in [1.165, 1.54) is 0 Å². The molecule has 0 saturated carbocycles. The summed E-state index contributed by atoms with van der Waals surface area (Å²) in [6, 6.07) is 20.7. The molecule has 0 atom stereocenters. The first-order valence-corrected chi connectivity index (χ1v) is 9.43. The van der Waals surface area contributed by atoms with Crippen LogP contribution in [0.1, 0.15) is 20.8 Å². The van der Waals surface area contributed by atoms with Crippen LogP contribution in [0.25, 0.3) is 32.8 Å². The molecule has 0 amide bonds. The van der Waals surface area contributed by atoms with Crippen LogP contribution < -0.4 is 4.90 Å². The summed E-state index contributed by atoms with van der Waals surface area (Å²) in [7, 11) is 0. The molecular weight excluding hydrogens is 346 g/mol. The van der Waals surface area contributed by atoms with Crippen LogP contribution in [0.5, 0.6) is 0 Å². The van der Waals surface area contributed by atoms with E-state index in [-0.39, 0.29) is 5.54 Å². The van der Waals surface area contributed by atoms with Gasteiger partial charge in [0.2, 0.25) is 0 Å². The van der Waals surface area contributed by atoms with Crippen molar-refractivity contribution in [1.82, 2.24) is 9.97 Å². The molecule has 5 aromatic rings. The molecule has 3 aromatic carbocycles. The molecule has 4 heteroatoms. The van der Waals surface area contributed by atoms with Crippen molar-refractivity contribution in [3.63, 3.8) is 0 Å². The number of fused-ring (bicyclic) bond motifs is 4. The summed E-state index contributed by atoms with van der Waals surface area (Å²) < 4.78 is 6.13. The van der Waals surface area contributed by atoms with Crippen molar-refractivity contribution in [2.75, 3.05) is 4.90 Å². The van der Waals surface area contributed by atoms with Crippen LogP contribution in [0.4, 0.5) is 11.4 Å². The molecule has 0 spiro atoms. The van der Waals surface area contributed by atoms with Gasteiger partial charge in [-0.15, -0.1) is 0 Å². The molecule has 0 bridgehead atoms. The average Bonchev–Trinajstić information content (AvgIpc) is 3.07. The van der Waals surface area contributed by atoms with Crippen LogP contribution in [0, 0.1) is 0 Å². The van der Waals surface area contributed by atoms with E-state index in [4.69, 9.17) is 4.42 Å². The van der Waals surface area contributed by atoms with Crippen molar-refractivity contribution in [2.24, 2.45) is 0 Å². The molecule has 2 aromatic heterocycles. The van der Waals surface area contributed by atoms with Crippen LogP contribution in [-0.2, 0) is 0 Å². The average molecular weight is 367 g/mol. The molecule has 0 fully saturated rings. The lowest BCUT2D eigenvalue weighted by Crippen LogP contribution is -2.37. The number of anilines is 2. The van der Waals surface area contributed by atoms with Crippen LogP contribution in [-0.4, -0.2) is 15.5 Å². The predicted molar refractivity (Wildman–Crippen MR) is 115 cm³/mol. The van der Waals surface area contributed by atoms with Crippen LogP contribution in [0.15, 0.2) is 77.6 Å². The smallest absolute Gasteiger partial charge is 0.137 e. The van der Waals surface area contributed by atoms with Crippen LogP contribution >= 0.6 is 0 Å². The van der Waals surface area contributed by atoms with E-state index in [2.05, 4.69) is 72.0 Å². The van der Waals surface area contributed by atoms with Gasteiger partial charge in [-0.1, -0.05) is 30.3 Å². The second-order valence-electron chi connectivity index (χ2n) is 7.99. The summed E-state index contributed by atoms with van der Waals surface area (Å²) in [4.78, 5) is 11.1. The van der Waals surface area contributed by atoms with Crippen LogP contribution in [0.3, 0.4) is 0 Å². The predicted octanol–water partition coefficient (Wildman–Crippen LogP) is 6.47. The molecule has 4 nitrogen and oxygen atoms in total. The number of benzene rings is 3. The Morgan fingerprint density at radius 3 is 2.39 bits per heavy atom. The van der Waals surface area contributed by atoms with E-state index >= 15 is 0 Å². The quantitative estimate of drug-likeness (QED) is 0.359. The molecule has 0 aliphatic heterocycles. The summed E-state index contributed by atoms with van der Waals surface area (Å²) in [6.45, 7) is 6.66. The zero-order valence-electron chi connectivity index (χ0n) is 16.2. The number of aromatic nitrogens is 2. The monoisotopic (exact) mass is 367 g/mol. The van der Waals surface area contributed by atoms with Crippen molar-refractivity contribution in [1.29, 1.82) is 0 Å². The second-order valence-corrected chi connectivity index (χ2v) is 7.99. The molecule has 138 valence electrons. The first kappa shape index (κ1) is 16.8. The fourth-order valence-electron chi connectivity index (χ4n) is 3.98. The van der Waals surface area contributed by atoms with E-state index < -0.39 is 0 Å². The minimum atomic E-state index is -0.170. The maximum absolute atomic E-state index is 6.13. The molecule has 0 aliphatic carbocycles.